The van der Waals surface area contributed by atoms with E-state index in [9.17, 15) is 0 Å². The molecule has 0 aliphatic heterocycles. The average Bonchev–Trinajstić information content (AvgIpc) is 2.60. The second kappa shape index (κ2) is 9.00. The summed E-state index contributed by atoms with van der Waals surface area (Å²) in [4.78, 5) is 0. The third-order valence-electron chi connectivity index (χ3n) is 2.04. The van der Waals surface area contributed by atoms with Crippen LogP contribution >= 0.6 is 7.92 Å². The zero-order chi connectivity index (χ0) is 10.1. The van der Waals surface area contributed by atoms with Crippen molar-refractivity contribution in [3.8, 4) is 0 Å². The Hall–Kier alpha value is 0.429. The summed E-state index contributed by atoms with van der Waals surface area (Å²) in [6.45, 7) is 6.87. The fraction of sp³-hybridized carbons (Fsp3) is 0.636. The Morgan fingerprint density at radius 3 is 1.85 bits per heavy atom. The molecule has 0 saturated carbocycles. The first kappa shape index (κ1) is 13.4. The summed E-state index contributed by atoms with van der Waals surface area (Å²) in [5.41, 5.74) is 0. The Bertz CT molecular complexity index is 163. The average molecular weight is 247 g/mol. The van der Waals surface area contributed by atoms with Gasteiger partial charge < -0.3 is 0 Å². The van der Waals surface area contributed by atoms with Crippen molar-refractivity contribution in [2.45, 2.75) is 27.2 Å². The van der Waals surface area contributed by atoms with Crippen molar-refractivity contribution in [2.24, 2.45) is 0 Å². The van der Waals surface area contributed by atoms with Gasteiger partial charge in [-0.3, -0.25) is 0 Å². The third-order valence-corrected chi connectivity index (χ3v) is 5.07. The molecule has 0 aromatic rings. The van der Waals surface area contributed by atoms with E-state index in [1.54, 1.807) is 0 Å². The molecule has 0 nitrogen and oxygen atoms in total. The standard InChI is InChI=1S/C6H15P.C5H5.Cu/c1-4-7(5-2)6-3;1-2-4-5-3-1;/h4-6H2,1-3H3;1-3H,4H2;. The minimum atomic E-state index is 0.446. The summed E-state index contributed by atoms with van der Waals surface area (Å²) in [6, 6.07) is 0. The second-order valence-corrected chi connectivity index (χ2v) is 6.66. The first-order valence-electron chi connectivity index (χ1n) is 4.94. The van der Waals surface area contributed by atoms with Crippen LogP contribution in [-0.2, 0) is 16.0 Å². The van der Waals surface area contributed by atoms with Crippen LogP contribution in [0.15, 0.2) is 22.7 Å². The Balaban J connectivity index is 0.000000223. The molecule has 1 aliphatic rings. The molecule has 0 fully saturated rings. The van der Waals surface area contributed by atoms with Crippen molar-refractivity contribution in [1.82, 2.24) is 0 Å². The van der Waals surface area contributed by atoms with Gasteiger partial charge >= 0.3 is 45.1 Å². The van der Waals surface area contributed by atoms with E-state index in [1.807, 2.05) is 12.2 Å². The van der Waals surface area contributed by atoms with Gasteiger partial charge in [0, 0.05) is 0 Å². The molecular formula is C11H20CuP. The van der Waals surface area contributed by atoms with Crippen LogP contribution in [0.4, 0.5) is 0 Å². The molecule has 1 rings (SSSR count). The van der Waals surface area contributed by atoms with Gasteiger partial charge in [0.05, 0.1) is 0 Å². The van der Waals surface area contributed by atoms with Crippen molar-refractivity contribution in [3.63, 3.8) is 0 Å². The molecule has 0 spiro atoms. The Morgan fingerprint density at radius 1 is 1.23 bits per heavy atom. The molecule has 1 aliphatic carbocycles. The van der Waals surface area contributed by atoms with Gasteiger partial charge in [0.1, 0.15) is 0 Å². The number of allylic oxidation sites excluding steroid dienone is 4. The molecular weight excluding hydrogens is 227 g/mol. The SMILES string of the molecule is CCP(CC)CC.[Cu][C]1=CC=CC1. The first-order valence-corrected chi connectivity index (χ1v) is 7.31. The molecule has 0 heterocycles. The summed E-state index contributed by atoms with van der Waals surface area (Å²) < 4.78 is 1.03. The Labute approximate surface area is 92.4 Å². The second-order valence-electron chi connectivity index (χ2n) is 2.82. The molecule has 0 saturated heterocycles. The maximum absolute atomic E-state index is 4.93. The molecule has 0 unspecified atom stereocenters. The molecule has 0 atom stereocenters. The molecule has 80 valence electrons. The summed E-state index contributed by atoms with van der Waals surface area (Å²) >= 11 is 4.93. The molecule has 0 radical (unpaired) electrons. The molecule has 0 N–H and O–H groups in total. The van der Waals surface area contributed by atoms with Crippen LogP contribution < -0.4 is 0 Å². The van der Waals surface area contributed by atoms with E-state index in [0.29, 0.717) is 7.92 Å². The van der Waals surface area contributed by atoms with E-state index in [2.05, 4.69) is 26.8 Å². The zero-order valence-electron chi connectivity index (χ0n) is 8.81. The molecule has 2 heteroatoms. The van der Waals surface area contributed by atoms with Crippen LogP contribution in [0.25, 0.3) is 0 Å². The van der Waals surface area contributed by atoms with Gasteiger partial charge in [0.2, 0.25) is 0 Å². The van der Waals surface area contributed by atoms with Crippen molar-refractivity contribution < 1.29 is 16.0 Å². The van der Waals surface area contributed by atoms with Crippen LogP contribution in [0.2, 0.25) is 0 Å². The monoisotopic (exact) mass is 246 g/mol. The summed E-state index contributed by atoms with van der Waals surface area (Å²) in [7, 11) is 0.446. The van der Waals surface area contributed by atoms with Crippen LogP contribution in [0.1, 0.15) is 27.2 Å². The van der Waals surface area contributed by atoms with Crippen molar-refractivity contribution in [3.05, 3.63) is 22.7 Å². The summed E-state index contributed by atoms with van der Waals surface area (Å²) in [5, 5.41) is 0. The van der Waals surface area contributed by atoms with Crippen molar-refractivity contribution in [1.29, 1.82) is 0 Å². The van der Waals surface area contributed by atoms with E-state index in [0.717, 1.165) is 10.9 Å². The van der Waals surface area contributed by atoms with E-state index in [1.165, 1.54) is 18.5 Å². The van der Waals surface area contributed by atoms with Gasteiger partial charge in [0.15, 0.2) is 0 Å². The van der Waals surface area contributed by atoms with Gasteiger partial charge in [-0.2, -0.15) is 0 Å². The van der Waals surface area contributed by atoms with Crippen LogP contribution in [0.5, 0.6) is 0 Å². The molecule has 0 amide bonds. The van der Waals surface area contributed by atoms with Gasteiger partial charge in [-0.25, -0.2) is 0 Å². The Morgan fingerprint density at radius 2 is 1.77 bits per heavy atom. The summed E-state index contributed by atoms with van der Waals surface area (Å²) in [5.74, 6) is 0. The van der Waals surface area contributed by atoms with Crippen LogP contribution in [0.3, 0.4) is 0 Å². The van der Waals surface area contributed by atoms with Crippen LogP contribution in [0, 0.1) is 0 Å². The fourth-order valence-electron chi connectivity index (χ4n) is 1.08. The number of hydrogen-bond acceptors (Lipinski definition) is 0. The van der Waals surface area contributed by atoms with Crippen molar-refractivity contribution >= 4 is 7.92 Å². The van der Waals surface area contributed by atoms with E-state index < -0.39 is 0 Å². The van der Waals surface area contributed by atoms with E-state index >= 15 is 0 Å². The van der Waals surface area contributed by atoms with Crippen LogP contribution in [-0.4, -0.2) is 18.5 Å². The minimum absolute atomic E-state index is 0.446. The van der Waals surface area contributed by atoms with Gasteiger partial charge in [-0.15, -0.1) is 7.92 Å². The zero-order valence-corrected chi connectivity index (χ0v) is 10.6. The summed E-state index contributed by atoms with van der Waals surface area (Å²) in [6.07, 6.45) is 11.2. The molecule has 0 aromatic heterocycles. The Kier molecular flexibility index (Phi) is 9.30. The normalized spacial score (nSPS) is 14.2. The number of hydrogen-bond donors (Lipinski definition) is 0. The predicted molar refractivity (Wildman–Crippen MR) is 60.4 cm³/mol. The fourth-order valence-corrected chi connectivity index (χ4v) is 2.62. The molecule has 0 aromatic carbocycles. The quantitative estimate of drug-likeness (QED) is 0.523. The molecule has 13 heavy (non-hydrogen) atoms. The predicted octanol–water partition coefficient (Wildman–Crippen LogP) is 3.91. The molecule has 0 bridgehead atoms. The van der Waals surface area contributed by atoms with Gasteiger partial charge in [0.25, 0.3) is 0 Å². The maximum atomic E-state index is 4.93. The third kappa shape index (κ3) is 7.50. The van der Waals surface area contributed by atoms with Crippen molar-refractivity contribution in [2.75, 3.05) is 18.5 Å². The van der Waals surface area contributed by atoms with Gasteiger partial charge in [-0.05, 0) is 18.5 Å². The van der Waals surface area contributed by atoms with E-state index in [-0.39, 0.29) is 0 Å². The first-order chi connectivity index (χ1) is 6.24. The van der Waals surface area contributed by atoms with E-state index in [4.69, 9.17) is 16.0 Å². The topological polar surface area (TPSA) is 0 Å². The van der Waals surface area contributed by atoms with Gasteiger partial charge in [-0.1, -0.05) is 20.8 Å². The number of rotatable bonds is 3.